The zero-order valence-electron chi connectivity index (χ0n) is 12.7. The number of hydrogen-bond donors (Lipinski definition) is 1. The van der Waals surface area contributed by atoms with Crippen LogP contribution in [-0.4, -0.2) is 33.0 Å². The number of aryl methyl sites for hydroxylation is 1. The summed E-state index contributed by atoms with van der Waals surface area (Å²) in [7, 11) is 3.38. The molecule has 0 radical (unpaired) electrons. The first-order valence-corrected chi connectivity index (χ1v) is 6.92. The molecule has 3 rings (SSSR count). The van der Waals surface area contributed by atoms with Crippen LogP contribution in [0.15, 0.2) is 49.1 Å². The number of nitrogens with one attached hydrogen (secondary N) is 1. The van der Waals surface area contributed by atoms with Gasteiger partial charge in [-0.05, 0) is 23.8 Å². The van der Waals surface area contributed by atoms with Gasteiger partial charge in [0.05, 0.1) is 37.0 Å². The van der Waals surface area contributed by atoms with Crippen molar-refractivity contribution in [3.05, 3.63) is 54.6 Å². The molecule has 7 nitrogen and oxygen atoms in total. The third-order valence-electron chi connectivity index (χ3n) is 3.32. The second-order valence-electron chi connectivity index (χ2n) is 4.90. The molecule has 0 aliphatic carbocycles. The van der Waals surface area contributed by atoms with Crippen molar-refractivity contribution in [2.75, 3.05) is 12.4 Å². The summed E-state index contributed by atoms with van der Waals surface area (Å²) in [5.41, 5.74) is 2.82. The van der Waals surface area contributed by atoms with Crippen LogP contribution in [0.1, 0.15) is 10.4 Å². The molecule has 116 valence electrons. The van der Waals surface area contributed by atoms with Crippen LogP contribution < -0.4 is 10.1 Å². The lowest BCUT2D eigenvalue weighted by Crippen LogP contribution is -2.13. The van der Waals surface area contributed by atoms with Gasteiger partial charge in [-0.25, -0.2) is 0 Å². The third-order valence-corrected chi connectivity index (χ3v) is 3.32. The molecule has 0 aliphatic heterocycles. The summed E-state index contributed by atoms with van der Waals surface area (Å²) in [6.45, 7) is 0. The third kappa shape index (κ3) is 3.18. The molecule has 0 saturated carbocycles. The van der Waals surface area contributed by atoms with Gasteiger partial charge in [0.15, 0.2) is 0 Å². The van der Waals surface area contributed by atoms with Gasteiger partial charge >= 0.3 is 0 Å². The summed E-state index contributed by atoms with van der Waals surface area (Å²) in [6.07, 6.45) is 6.63. The average Bonchev–Trinajstić information content (AvgIpc) is 3.01. The van der Waals surface area contributed by atoms with Gasteiger partial charge < -0.3 is 10.1 Å². The minimum Gasteiger partial charge on any atom is -0.496 e. The van der Waals surface area contributed by atoms with Crippen molar-refractivity contribution >= 4 is 11.6 Å². The maximum absolute atomic E-state index is 12.5. The number of rotatable bonds is 4. The Morgan fingerprint density at radius 2 is 2.04 bits per heavy atom. The molecule has 23 heavy (non-hydrogen) atoms. The van der Waals surface area contributed by atoms with Crippen LogP contribution in [0.3, 0.4) is 0 Å². The molecule has 0 spiro atoms. The summed E-state index contributed by atoms with van der Waals surface area (Å²) in [5.74, 6) is 0.220. The van der Waals surface area contributed by atoms with Crippen molar-refractivity contribution in [3.63, 3.8) is 0 Å². The molecule has 0 aliphatic rings. The summed E-state index contributed by atoms with van der Waals surface area (Å²) in [5, 5.41) is 14.3. The van der Waals surface area contributed by atoms with Crippen molar-refractivity contribution in [3.8, 4) is 16.9 Å². The van der Waals surface area contributed by atoms with Crippen molar-refractivity contribution in [1.82, 2.24) is 20.0 Å². The van der Waals surface area contributed by atoms with E-state index in [0.717, 1.165) is 11.1 Å². The number of carbonyl (C=O) groups excluding carboxylic acids is 1. The van der Waals surface area contributed by atoms with Crippen LogP contribution in [0.5, 0.6) is 5.75 Å². The maximum atomic E-state index is 12.5. The largest absolute Gasteiger partial charge is 0.496 e. The van der Waals surface area contributed by atoms with Crippen molar-refractivity contribution < 1.29 is 9.53 Å². The Hall–Kier alpha value is -3.22. The van der Waals surface area contributed by atoms with Gasteiger partial charge in [-0.3, -0.25) is 9.48 Å². The van der Waals surface area contributed by atoms with Gasteiger partial charge in [-0.1, -0.05) is 6.07 Å². The molecular formula is C16H15N5O2. The zero-order valence-corrected chi connectivity index (χ0v) is 12.7. The topological polar surface area (TPSA) is 81.9 Å². The Labute approximate surface area is 132 Å². The summed E-state index contributed by atoms with van der Waals surface area (Å²) in [4.78, 5) is 12.5. The minimum atomic E-state index is -0.277. The molecule has 1 N–H and O–H groups in total. The fourth-order valence-electron chi connectivity index (χ4n) is 2.20. The van der Waals surface area contributed by atoms with E-state index in [1.165, 1.54) is 19.5 Å². The Morgan fingerprint density at radius 1 is 1.17 bits per heavy atom. The van der Waals surface area contributed by atoms with E-state index in [0.29, 0.717) is 17.0 Å². The Bertz CT molecular complexity index is 829. The van der Waals surface area contributed by atoms with Gasteiger partial charge in [0.25, 0.3) is 5.91 Å². The highest BCUT2D eigenvalue weighted by Gasteiger charge is 2.14. The molecule has 0 fully saturated rings. The second kappa shape index (κ2) is 6.27. The highest BCUT2D eigenvalue weighted by molar-refractivity contribution is 6.06. The van der Waals surface area contributed by atoms with Gasteiger partial charge in [0.2, 0.25) is 0 Å². The Morgan fingerprint density at radius 3 is 2.70 bits per heavy atom. The van der Waals surface area contributed by atoms with Crippen LogP contribution in [0, 0.1) is 0 Å². The zero-order chi connectivity index (χ0) is 16.2. The van der Waals surface area contributed by atoms with Crippen LogP contribution in [0.4, 0.5) is 5.69 Å². The molecule has 2 aromatic heterocycles. The lowest BCUT2D eigenvalue weighted by molar-refractivity contribution is 0.102. The smallest absolute Gasteiger partial charge is 0.259 e. The van der Waals surface area contributed by atoms with E-state index in [9.17, 15) is 4.79 Å². The van der Waals surface area contributed by atoms with Crippen molar-refractivity contribution in [2.45, 2.75) is 0 Å². The molecular weight excluding hydrogens is 294 g/mol. The molecule has 1 amide bonds. The minimum absolute atomic E-state index is 0.277. The average molecular weight is 309 g/mol. The summed E-state index contributed by atoms with van der Waals surface area (Å²) < 4.78 is 7.00. The first kappa shape index (κ1) is 14.7. The highest BCUT2D eigenvalue weighted by atomic mass is 16.5. The van der Waals surface area contributed by atoms with E-state index in [4.69, 9.17) is 4.74 Å². The van der Waals surface area contributed by atoms with Crippen molar-refractivity contribution in [1.29, 1.82) is 0 Å². The van der Waals surface area contributed by atoms with E-state index in [1.807, 2.05) is 19.3 Å². The Kier molecular flexibility index (Phi) is 4.01. The van der Waals surface area contributed by atoms with Gasteiger partial charge in [0.1, 0.15) is 5.75 Å². The van der Waals surface area contributed by atoms with Crippen molar-refractivity contribution in [2.24, 2.45) is 7.05 Å². The van der Waals surface area contributed by atoms with Gasteiger partial charge in [-0.2, -0.15) is 15.3 Å². The SMILES string of the molecule is COc1ccc(-c2cnn(C)c2)cc1C(=O)Nc1ccnnc1. The summed E-state index contributed by atoms with van der Waals surface area (Å²) >= 11 is 0. The van der Waals surface area contributed by atoms with Crippen LogP contribution in [0.25, 0.3) is 11.1 Å². The number of anilines is 1. The fraction of sp³-hybridized carbons (Fsp3) is 0.125. The monoisotopic (exact) mass is 309 g/mol. The number of ether oxygens (including phenoxy) is 1. The quantitative estimate of drug-likeness (QED) is 0.798. The number of carbonyl (C=O) groups is 1. The molecule has 3 aromatic rings. The molecule has 2 heterocycles. The first-order valence-electron chi connectivity index (χ1n) is 6.92. The second-order valence-corrected chi connectivity index (χ2v) is 4.90. The molecule has 0 bridgehead atoms. The van der Waals surface area contributed by atoms with E-state index >= 15 is 0 Å². The number of methoxy groups -OCH3 is 1. The number of hydrogen-bond acceptors (Lipinski definition) is 5. The first-order chi connectivity index (χ1) is 11.2. The molecule has 0 saturated heterocycles. The van der Waals surface area contributed by atoms with E-state index < -0.39 is 0 Å². The lowest BCUT2D eigenvalue weighted by Gasteiger charge is -2.10. The van der Waals surface area contributed by atoms with Crippen LogP contribution in [-0.2, 0) is 7.05 Å². The number of nitrogens with zero attached hydrogens (tertiary/aromatic N) is 4. The van der Waals surface area contributed by atoms with E-state index in [2.05, 4.69) is 20.6 Å². The predicted octanol–water partition coefficient (Wildman–Crippen LogP) is 2.14. The normalized spacial score (nSPS) is 10.3. The van der Waals surface area contributed by atoms with E-state index in [1.54, 1.807) is 29.1 Å². The molecule has 7 heteroatoms. The maximum Gasteiger partial charge on any atom is 0.259 e. The summed E-state index contributed by atoms with van der Waals surface area (Å²) in [6, 6.07) is 7.10. The van der Waals surface area contributed by atoms with E-state index in [-0.39, 0.29) is 5.91 Å². The number of aromatic nitrogens is 4. The standard InChI is InChI=1S/C16H15N5O2/c1-21-10-12(8-19-21)11-3-4-15(23-2)14(7-11)16(22)20-13-5-6-17-18-9-13/h3-10H,1-2H3,(H,17,20,22). The lowest BCUT2D eigenvalue weighted by atomic mass is 10.0. The number of benzene rings is 1. The van der Waals surface area contributed by atoms with Crippen LogP contribution in [0.2, 0.25) is 0 Å². The molecule has 1 aromatic carbocycles. The Balaban J connectivity index is 1.94. The fourth-order valence-corrected chi connectivity index (χ4v) is 2.20. The molecule has 0 atom stereocenters. The molecule has 0 unspecified atom stereocenters. The van der Waals surface area contributed by atoms with Crippen LogP contribution >= 0.6 is 0 Å². The predicted molar refractivity (Wildman–Crippen MR) is 85.2 cm³/mol. The van der Waals surface area contributed by atoms with Gasteiger partial charge in [-0.15, -0.1) is 0 Å². The highest BCUT2D eigenvalue weighted by Crippen LogP contribution is 2.27. The van der Waals surface area contributed by atoms with Gasteiger partial charge in [0, 0.05) is 18.8 Å². The number of amides is 1.